The Kier molecular flexibility index (Phi) is 5.33. The molecular formula is C16H17FN4O3. The number of carbonyl (C=O) groups excluding carboxylic acids is 1. The van der Waals surface area contributed by atoms with Gasteiger partial charge < -0.3 is 15.2 Å². The van der Waals surface area contributed by atoms with E-state index in [-0.39, 0.29) is 22.7 Å². The van der Waals surface area contributed by atoms with E-state index in [1.54, 1.807) is 24.3 Å². The lowest BCUT2D eigenvalue weighted by Gasteiger charge is -2.11. The molecule has 0 spiro atoms. The van der Waals surface area contributed by atoms with E-state index in [0.717, 1.165) is 6.07 Å². The maximum absolute atomic E-state index is 14.3. The number of nitrogens with two attached hydrogens (primary N) is 2. The van der Waals surface area contributed by atoms with Crippen LogP contribution < -0.4 is 21.8 Å². The molecule has 0 aliphatic carbocycles. The van der Waals surface area contributed by atoms with E-state index in [9.17, 15) is 9.18 Å². The fraction of sp³-hybridized carbons (Fsp3) is 0.125. The molecule has 2 aromatic rings. The number of nitrogens with zero attached hydrogens (tertiary/aromatic N) is 1. The maximum Gasteiger partial charge on any atom is 0.341 e. The summed E-state index contributed by atoms with van der Waals surface area (Å²) in [5, 5.41) is 3.66. The van der Waals surface area contributed by atoms with Gasteiger partial charge in [-0.05, 0) is 11.6 Å². The second-order valence-corrected chi connectivity index (χ2v) is 4.73. The van der Waals surface area contributed by atoms with Gasteiger partial charge in [0, 0.05) is 17.2 Å². The van der Waals surface area contributed by atoms with Gasteiger partial charge in [-0.1, -0.05) is 24.3 Å². The number of methoxy groups -OCH3 is 2. The zero-order valence-corrected chi connectivity index (χ0v) is 13.2. The highest BCUT2D eigenvalue weighted by Gasteiger charge is 2.18. The number of benzene rings is 2. The van der Waals surface area contributed by atoms with Crippen LogP contribution in [0, 0.1) is 5.82 Å². The normalized spacial score (nSPS) is 11.1. The Balaban J connectivity index is 2.48. The molecule has 0 aromatic heterocycles. The van der Waals surface area contributed by atoms with Gasteiger partial charge in [0.15, 0.2) is 5.84 Å². The summed E-state index contributed by atoms with van der Waals surface area (Å²) in [6, 6.07) is 9.15. The Bertz CT molecular complexity index is 776. The van der Waals surface area contributed by atoms with Crippen LogP contribution in [-0.4, -0.2) is 26.0 Å². The molecule has 24 heavy (non-hydrogen) atoms. The Morgan fingerprint density at radius 1 is 1.21 bits per heavy atom. The third-order valence-electron chi connectivity index (χ3n) is 3.37. The van der Waals surface area contributed by atoms with Gasteiger partial charge in [0.05, 0.1) is 14.2 Å². The molecule has 0 radical (unpaired) electrons. The molecule has 0 aliphatic rings. The maximum atomic E-state index is 14.3. The molecule has 0 unspecified atom stereocenters. The van der Waals surface area contributed by atoms with Crippen molar-refractivity contribution in [1.82, 2.24) is 5.53 Å². The van der Waals surface area contributed by atoms with Crippen molar-refractivity contribution in [3.8, 4) is 16.9 Å². The van der Waals surface area contributed by atoms with Crippen molar-refractivity contribution < 1.29 is 18.7 Å². The molecule has 0 bridgehead atoms. The lowest BCUT2D eigenvalue weighted by Crippen LogP contribution is -2.22. The van der Waals surface area contributed by atoms with Crippen molar-refractivity contribution in [3.05, 3.63) is 53.3 Å². The van der Waals surface area contributed by atoms with Crippen molar-refractivity contribution in [1.29, 1.82) is 0 Å². The molecule has 2 aromatic carbocycles. The van der Waals surface area contributed by atoms with E-state index in [0.29, 0.717) is 11.1 Å². The number of esters is 1. The number of carbonyl (C=O) groups is 1. The molecule has 0 saturated carbocycles. The van der Waals surface area contributed by atoms with Crippen LogP contribution in [0.4, 0.5) is 4.39 Å². The SMILES string of the molecule is COC(=O)c1cc(-c2ccc(/C(N)=N/NN)cc2)c(F)cc1OC. The molecule has 2 rings (SSSR count). The minimum atomic E-state index is -0.616. The topological polar surface area (TPSA) is 112 Å². The van der Waals surface area contributed by atoms with E-state index in [4.69, 9.17) is 21.1 Å². The lowest BCUT2D eigenvalue weighted by atomic mass is 10.00. The van der Waals surface area contributed by atoms with Crippen LogP contribution >= 0.6 is 0 Å². The second-order valence-electron chi connectivity index (χ2n) is 4.73. The molecule has 5 N–H and O–H groups in total. The van der Waals surface area contributed by atoms with E-state index >= 15 is 0 Å². The summed E-state index contributed by atoms with van der Waals surface area (Å²) in [5.74, 6) is 4.22. The van der Waals surface area contributed by atoms with Gasteiger partial charge in [0.1, 0.15) is 17.1 Å². The Morgan fingerprint density at radius 2 is 1.88 bits per heavy atom. The van der Waals surface area contributed by atoms with Crippen LogP contribution in [0.15, 0.2) is 41.5 Å². The second kappa shape index (κ2) is 7.42. The molecule has 126 valence electrons. The van der Waals surface area contributed by atoms with Crippen LogP contribution in [0.5, 0.6) is 5.75 Å². The fourth-order valence-corrected chi connectivity index (χ4v) is 2.17. The molecule has 0 fully saturated rings. The number of hydrogen-bond acceptors (Lipinski definition) is 6. The van der Waals surface area contributed by atoms with Gasteiger partial charge in [0.25, 0.3) is 0 Å². The summed E-state index contributed by atoms with van der Waals surface area (Å²) in [7, 11) is 2.59. The smallest absolute Gasteiger partial charge is 0.341 e. The molecule has 0 saturated heterocycles. The van der Waals surface area contributed by atoms with Crippen LogP contribution in [-0.2, 0) is 4.74 Å². The largest absolute Gasteiger partial charge is 0.496 e. The van der Waals surface area contributed by atoms with Gasteiger partial charge >= 0.3 is 5.97 Å². The first kappa shape index (κ1) is 17.2. The quantitative estimate of drug-likeness (QED) is 0.251. The van der Waals surface area contributed by atoms with Gasteiger partial charge in [-0.15, -0.1) is 5.10 Å². The zero-order valence-electron chi connectivity index (χ0n) is 13.2. The third kappa shape index (κ3) is 3.44. The summed E-state index contributed by atoms with van der Waals surface area (Å²) in [5.41, 5.74) is 9.33. The molecule has 0 heterocycles. The van der Waals surface area contributed by atoms with E-state index in [1.807, 2.05) is 0 Å². The number of ether oxygens (including phenoxy) is 2. The van der Waals surface area contributed by atoms with Crippen molar-refractivity contribution >= 4 is 11.8 Å². The van der Waals surface area contributed by atoms with Crippen LogP contribution in [0.25, 0.3) is 11.1 Å². The highest BCUT2D eigenvalue weighted by atomic mass is 19.1. The Labute approximate surface area is 138 Å². The molecule has 8 heteroatoms. The highest BCUT2D eigenvalue weighted by molar-refractivity contribution is 5.98. The lowest BCUT2D eigenvalue weighted by molar-refractivity contribution is 0.0597. The van der Waals surface area contributed by atoms with Crippen LogP contribution in [0.3, 0.4) is 0 Å². The fourth-order valence-electron chi connectivity index (χ4n) is 2.17. The molecule has 0 atom stereocenters. The molecular weight excluding hydrogens is 315 g/mol. The van der Waals surface area contributed by atoms with Gasteiger partial charge in [-0.25, -0.2) is 20.6 Å². The number of nitrogens with one attached hydrogen (secondary N) is 1. The average molecular weight is 332 g/mol. The number of rotatable bonds is 5. The van der Waals surface area contributed by atoms with Crippen molar-refractivity contribution in [2.45, 2.75) is 0 Å². The predicted molar refractivity (Wildman–Crippen MR) is 87.8 cm³/mol. The van der Waals surface area contributed by atoms with E-state index in [1.165, 1.54) is 20.3 Å². The number of halogens is 1. The predicted octanol–water partition coefficient (Wildman–Crippen LogP) is 1.37. The third-order valence-corrected chi connectivity index (χ3v) is 3.37. The standard InChI is InChI=1S/C16H17FN4O3/c1-23-14-8-13(17)11(7-12(14)16(22)24-2)9-3-5-10(6-4-9)15(18)20-21-19/h3-8,21H,19H2,1-2H3,(H2,18,20). The number of amidine groups is 1. The van der Waals surface area contributed by atoms with E-state index in [2.05, 4.69) is 10.6 Å². The van der Waals surface area contributed by atoms with Crippen LogP contribution in [0.1, 0.15) is 15.9 Å². The summed E-state index contributed by atoms with van der Waals surface area (Å²) in [4.78, 5) is 11.8. The van der Waals surface area contributed by atoms with Crippen molar-refractivity contribution in [2.75, 3.05) is 14.2 Å². The zero-order chi connectivity index (χ0) is 17.7. The average Bonchev–Trinajstić information content (AvgIpc) is 2.61. The number of hydrogen-bond donors (Lipinski definition) is 3. The van der Waals surface area contributed by atoms with Crippen LogP contribution in [0.2, 0.25) is 0 Å². The summed E-state index contributed by atoms with van der Waals surface area (Å²) < 4.78 is 24.1. The minimum absolute atomic E-state index is 0.102. The first-order chi connectivity index (χ1) is 11.5. The molecule has 0 aliphatic heterocycles. The van der Waals surface area contributed by atoms with Crippen molar-refractivity contribution in [2.24, 2.45) is 16.7 Å². The summed E-state index contributed by atoms with van der Waals surface area (Å²) >= 11 is 0. The Hall–Kier alpha value is -3.13. The Morgan fingerprint density at radius 3 is 2.42 bits per heavy atom. The van der Waals surface area contributed by atoms with Gasteiger partial charge in [-0.2, -0.15) is 0 Å². The minimum Gasteiger partial charge on any atom is -0.496 e. The van der Waals surface area contributed by atoms with Gasteiger partial charge in [0.2, 0.25) is 0 Å². The first-order valence-electron chi connectivity index (χ1n) is 6.87. The highest BCUT2D eigenvalue weighted by Crippen LogP contribution is 2.30. The number of hydrazine groups is 1. The monoisotopic (exact) mass is 332 g/mol. The molecule has 0 amide bonds. The summed E-state index contributed by atoms with van der Waals surface area (Å²) in [6.07, 6.45) is 0. The van der Waals surface area contributed by atoms with Gasteiger partial charge in [-0.3, -0.25) is 0 Å². The van der Waals surface area contributed by atoms with E-state index < -0.39 is 11.8 Å². The number of hydrazone groups is 1. The molecule has 7 nitrogen and oxygen atoms in total. The van der Waals surface area contributed by atoms with Crippen molar-refractivity contribution in [3.63, 3.8) is 0 Å². The summed E-state index contributed by atoms with van der Waals surface area (Å²) in [6.45, 7) is 0. The first-order valence-corrected chi connectivity index (χ1v) is 6.87.